The van der Waals surface area contributed by atoms with Crippen LogP contribution in [0.2, 0.25) is 0 Å². The van der Waals surface area contributed by atoms with Crippen molar-refractivity contribution in [3.05, 3.63) is 0 Å². The Balaban J connectivity index is -0.000000202. The molecule has 0 heterocycles. The van der Waals surface area contributed by atoms with Crippen molar-refractivity contribution < 1.29 is 36.1 Å². The van der Waals surface area contributed by atoms with E-state index >= 15 is 0 Å². The van der Waals surface area contributed by atoms with Crippen LogP contribution in [0.15, 0.2) is 0 Å². The van der Waals surface area contributed by atoms with Crippen molar-refractivity contribution in [2.24, 2.45) is 0 Å². The molecule has 9 heteroatoms. The number of aliphatic hydroxyl groups is 4. The summed E-state index contributed by atoms with van der Waals surface area (Å²) in [6.45, 7) is 1.63. The Morgan fingerprint density at radius 2 is 1.06 bits per heavy atom. The molecule has 0 unspecified atom stereocenters. The summed E-state index contributed by atoms with van der Waals surface area (Å²) in [5.74, 6) is 0. The number of rotatable bonds is 8. The molecular weight excluding hydrogens is 236 g/mol. The third-order valence-electron chi connectivity index (χ3n) is 1.29. The molecule has 0 radical (unpaired) electrons. The molecular formula is C8H24N2O7. The summed E-state index contributed by atoms with van der Waals surface area (Å²) in [5.41, 5.74) is 0. The predicted molar refractivity (Wildman–Crippen MR) is 59.8 cm³/mol. The fraction of sp³-hybridized carbons (Fsp3) is 1.00. The van der Waals surface area contributed by atoms with Crippen LogP contribution in [0, 0.1) is 0 Å². The van der Waals surface area contributed by atoms with E-state index in [1.807, 2.05) is 0 Å². The average molecular weight is 260 g/mol. The van der Waals surface area contributed by atoms with Gasteiger partial charge in [0.15, 0.2) is 0 Å². The van der Waals surface area contributed by atoms with E-state index in [1.165, 1.54) is 0 Å². The molecule has 0 bridgehead atoms. The second kappa shape index (κ2) is 24.7. The van der Waals surface area contributed by atoms with Crippen LogP contribution in [-0.4, -0.2) is 93.8 Å². The Morgan fingerprint density at radius 3 is 1.29 bits per heavy atom. The van der Waals surface area contributed by atoms with Crippen LogP contribution in [0.4, 0.5) is 0 Å². The van der Waals surface area contributed by atoms with Crippen LogP contribution in [0.1, 0.15) is 0 Å². The van der Waals surface area contributed by atoms with Crippen LogP contribution in [0.5, 0.6) is 0 Å². The topological polar surface area (TPSA) is 157 Å². The number of nitrogens with one attached hydrogen (secondary N) is 1. The fourth-order valence-electron chi connectivity index (χ4n) is 0.626. The van der Waals surface area contributed by atoms with Crippen molar-refractivity contribution in [1.29, 1.82) is 0 Å². The van der Waals surface area contributed by atoms with Gasteiger partial charge in [-0.1, -0.05) is 0 Å². The summed E-state index contributed by atoms with van der Waals surface area (Å²) in [5, 5.41) is 56.9. The quantitative estimate of drug-likeness (QED) is 0.131. The van der Waals surface area contributed by atoms with E-state index in [2.05, 4.69) is 5.32 Å². The zero-order valence-electron chi connectivity index (χ0n) is 9.73. The van der Waals surface area contributed by atoms with E-state index in [4.69, 9.17) is 36.1 Å². The highest BCUT2D eigenvalue weighted by atomic mass is 17.0. The lowest BCUT2D eigenvalue weighted by Gasteiger charge is -2.09. The Morgan fingerprint density at radius 1 is 0.706 bits per heavy atom. The van der Waals surface area contributed by atoms with Gasteiger partial charge in [0.2, 0.25) is 0 Å². The van der Waals surface area contributed by atoms with Crippen molar-refractivity contribution in [1.82, 2.24) is 10.4 Å². The third-order valence-corrected chi connectivity index (χ3v) is 1.29. The van der Waals surface area contributed by atoms with E-state index in [9.17, 15) is 0 Å². The predicted octanol–water partition coefficient (Wildman–Crippen LogP) is -2.76. The van der Waals surface area contributed by atoms with Crippen molar-refractivity contribution in [2.45, 2.75) is 0 Å². The second-order valence-electron chi connectivity index (χ2n) is 2.60. The van der Waals surface area contributed by atoms with Crippen LogP contribution >= 0.6 is 0 Å². The molecule has 8 N–H and O–H groups in total. The highest BCUT2D eigenvalue weighted by Crippen LogP contribution is 1.75. The van der Waals surface area contributed by atoms with Gasteiger partial charge in [0, 0.05) is 26.2 Å². The Kier molecular flexibility index (Phi) is 31.8. The first-order valence-corrected chi connectivity index (χ1v) is 5.00. The first-order valence-electron chi connectivity index (χ1n) is 5.00. The molecule has 9 nitrogen and oxygen atoms in total. The number of aliphatic hydroxyl groups excluding tert-OH is 4. The van der Waals surface area contributed by atoms with Gasteiger partial charge in [0.25, 0.3) is 0 Å². The lowest BCUT2D eigenvalue weighted by molar-refractivity contribution is -0.176. The lowest BCUT2D eigenvalue weighted by Crippen LogP contribution is -2.25. The molecule has 0 fully saturated rings. The maximum atomic E-state index is 8.56. The Hall–Kier alpha value is -0.360. The van der Waals surface area contributed by atoms with Crippen LogP contribution in [-0.2, 0) is 0 Å². The number of hydrogen-bond donors (Lipinski definition) is 8. The number of hydrogen-bond acceptors (Lipinski definition) is 9. The molecule has 108 valence electrons. The highest BCUT2D eigenvalue weighted by Gasteiger charge is 1.94. The van der Waals surface area contributed by atoms with Crippen molar-refractivity contribution in [2.75, 3.05) is 52.6 Å². The Labute approximate surface area is 100 Å². The zero-order valence-corrected chi connectivity index (χ0v) is 9.73. The second-order valence-corrected chi connectivity index (χ2v) is 2.60. The number of hydroxylamine groups is 2. The van der Waals surface area contributed by atoms with Gasteiger partial charge in [-0.3, -0.25) is 10.5 Å². The van der Waals surface area contributed by atoms with Crippen molar-refractivity contribution in [3.8, 4) is 0 Å². The first kappa shape index (κ1) is 21.9. The van der Waals surface area contributed by atoms with E-state index in [0.717, 1.165) is 5.06 Å². The first-order chi connectivity index (χ1) is 8.22. The van der Waals surface area contributed by atoms with Gasteiger partial charge in [-0.05, 0) is 0 Å². The van der Waals surface area contributed by atoms with E-state index < -0.39 is 0 Å². The standard InChI is InChI=1S/C4H11NO3.C4H11NO2.H2O2/c6-3-1-5(8)2-4-7;6-3-1-5-2-4-7;1-2/h6-8H,1-4H2;5-7H,1-4H2;1-2H. The molecule has 0 aliphatic heterocycles. The van der Waals surface area contributed by atoms with Gasteiger partial charge in [-0.15, -0.1) is 0 Å². The SMILES string of the molecule is OCCN(O)CCO.OCCNCCO.OO. The molecule has 0 aromatic carbocycles. The van der Waals surface area contributed by atoms with E-state index in [-0.39, 0.29) is 39.5 Å². The summed E-state index contributed by atoms with van der Waals surface area (Å²) in [6, 6.07) is 0. The molecule has 0 rings (SSSR count). The zero-order chi connectivity index (χ0) is 13.9. The maximum absolute atomic E-state index is 8.56. The van der Waals surface area contributed by atoms with Crippen molar-refractivity contribution in [3.63, 3.8) is 0 Å². The highest BCUT2D eigenvalue weighted by molar-refractivity contribution is 4.40. The molecule has 0 spiro atoms. The summed E-state index contributed by atoms with van der Waals surface area (Å²) in [6.07, 6.45) is 0. The molecule has 0 aromatic heterocycles. The smallest absolute Gasteiger partial charge is 0.0581 e. The van der Waals surface area contributed by atoms with Gasteiger partial charge in [0.05, 0.1) is 26.4 Å². The normalized spacial score (nSPS) is 9.18. The monoisotopic (exact) mass is 260 g/mol. The summed E-state index contributed by atoms with van der Waals surface area (Å²) in [4.78, 5) is 0. The molecule has 0 aromatic rings. The van der Waals surface area contributed by atoms with Gasteiger partial charge >= 0.3 is 0 Å². The maximum Gasteiger partial charge on any atom is 0.0581 e. The molecule has 0 aliphatic rings. The Bertz CT molecular complexity index is 99.9. The van der Waals surface area contributed by atoms with Gasteiger partial charge in [0.1, 0.15) is 0 Å². The summed E-state index contributed by atoms with van der Waals surface area (Å²) < 4.78 is 0. The van der Waals surface area contributed by atoms with Gasteiger partial charge in [-0.2, -0.15) is 5.06 Å². The van der Waals surface area contributed by atoms with Crippen LogP contribution < -0.4 is 5.32 Å². The van der Waals surface area contributed by atoms with Crippen molar-refractivity contribution >= 4 is 0 Å². The van der Waals surface area contributed by atoms with E-state index in [0.29, 0.717) is 13.1 Å². The van der Waals surface area contributed by atoms with Crippen LogP contribution in [0.3, 0.4) is 0 Å². The number of nitrogens with zero attached hydrogens (tertiary/aromatic N) is 1. The molecule has 0 saturated heterocycles. The van der Waals surface area contributed by atoms with Gasteiger partial charge in [-0.25, -0.2) is 0 Å². The van der Waals surface area contributed by atoms with Crippen LogP contribution in [0.25, 0.3) is 0 Å². The minimum absolute atomic E-state index is 0.0868. The minimum Gasteiger partial charge on any atom is -0.395 e. The molecule has 0 aliphatic carbocycles. The average Bonchev–Trinajstić information content (AvgIpc) is 2.34. The lowest BCUT2D eigenvalue weighted by atomic mass is 10.6. The minimum atomic E-state index is -0.0868. The van der Waals surface area contributed by atoms with Gasteiger partial charge < -0.3 is 31.0 Å². The summed E-state index contributed by atoms with van der Waals surface area (Å²) >= 11 is 0. The molecule has 0 saturated carbocycles. The largest absolute Gasteiger partial charge is 0.395 e. The fourth-order valence-corrected chi connectivity index (χ4v) is 0.626. The summed E-state index contributed by atoms with van der Waals surface area (Å²) in [7, 11) is 0. The molecule has 17 heavy (non-hydrogen) atoms. The molecule has 0 amide bonds. The molecule has 0 atom stereocenters. The van der Waals surface area contributed by atoms with E-state index in [1.54, 1.807) is 0 Å². The third kappa shape index (κ3) is 31.3.